The maximum absolute atomic E-state index is 12.0. The lowest BCUT2D eigenvalue weighted by atomic mass is 10.1. The first-order chi connectivity index (χ1) is 7.69. The van der Waals surface area contributed by atoms with Crippen molar-refractivity contribution in [1.82, 2.24) is 0 Å². The Kier molecular flexibility index (Phi) is 4.03. The Morgan fingerprint density at radius 3 is 2.41 bits per heavy atom. The third-order valence-electron chi connectivity index (χ3n) is 1.96. The van der Waals surface area contributed by atoms with Crippen LogP contribution in [0, 0.1) is 6.92 Å². The fraction of sp³-hybridized carbons (Fsp3) is 0.364. The molecule has 0 bridgehead atoms. The fourth-order valence-corrected chi connectivity index (χ4v) is 1.48. The van der Waals surface area contributed by atoms with Gasteiger partial charge in [0, 0.05) is 0 Å². The van der Waals surface area contributed by atoms with Crippen molar-refractivity contribution in [3.05, 3.63) is 29.3 Å². The molecule has 1 atom stereocenters. The second kappa shape index (κ2) is 4.96. The van der Waals surface area contributed by atoms with Crippen LogP contribution in [0.15, 0.2) is 18.2 Å². The highest BCUT2D eigenvalue weighted by Crippen LogP contribution is 2.29. The summed E-state index contributed by atoms with van der Waals surface area (Å²) in [7, 11) is 0. The molecule has 0 fully saturated rings. The first-order valence-electron chi connectivity index (χ1n) is 4.71. The van der Waals surface area contributed by atoms with Crippen molar-refractivity contribution in [2.45, 2.75) is 25.6 Å². The van der Waals surface area contributed by atoms with Crippen molar-refractivity contribution in [2.24, 2.45) is 0 Å². The number of ether oxygens (including phenoxy) is 1. The number of carbonyl (C=O) groups excluding carboxylic acids is 1. The predicted octanol–water partition coefficient (Wildman–Crippen LogP) is 3.76. The summed E-state index contributed by atoms with van der Waals surface area (Å²) in [5.74, 6) is -0.713. The highest BCUT2D eigenvalue weighted by Gasteiger charge is 2.31. The van der Waals surface area contributed by atoms with Gasteiger partial charge in [-0.05, 0) is 37.1 Å². The van der Waals surface area contributed by atoms with Crippen molar-refractivity contribution < 1.29 is 22.7 Å². The van der Waals surface area contributed by atoms with Crippen molar-refractivity contribution in [3.63, 3.8) is 0 Å². The molecule has 0 aliphatic rings. The van der Waals surface area contributed by atoms with Crippen LogP contribution in [0.4, 0.5) is 13.2 Å². The Balaban J connectivity index is 3.06. The molecule has 1 aromatic carbocycles. The van der Waals surface area contributed by atoms with E-state index in [1.165, 1.54) is 13.0 Å². The first-order valence-corrected chi connectivity index (χ1v) is 5.14. The molecule has 0 spiro atoms. The van der Waals surface area contributed by atoms with Gasteiger partial charge in [-0.2, -0.15) is 0 Å². The summed E-state index contributed by atoms with van der Waals surface area (Å²) in [5, 5.41) is -0.967. The number of hydrogen-bond acceptors (Lipinski definition) is 2. The number of rotatable bonds is 3. The zero-order chi connectivity index (χ0) is 13.2. The summed E-state index contributed by atoms with van der Waals surface area (Å²) in [5.41, 5.74) is 0.826. The molecular formula is C11H10ClF3O2. The average molecular weight is 267 g/mol. The van der Waals surface area contributed by atoms with E-state index in [0.29, 0.717) is 11.1 Å². The van der Waals surface area contributed by atoms with Crippen LogP contribution in [-0.4, -0.2) is 12.1 Å². The lowest BCUT2D eigenvalue weighted by Gasteiger charge is -2.13. The SMILES string of the molecule is CC(=O)C(Cl)c1cc(C)cc(OC(F)(F)F)c1. The number of hydrogen-bond donors (Lipinski definition) is 0. The minimum atomic E-state index is -4.76. The predicted molar refractivity (Wildman–Crippen MR) is 57.1 cm³/mol. The topological polar surface area (TPSA) is 26.3 Å². The molecule has 1 rings (SSSR count). The van der Waals surface area contributed by atoms with Gasteiger partial charge >= 0.3 is 6.36 Å². The molecule has 0 saturated heterocycles. The zero-order valence-electron chi connectivity index (χ0n) is 9.14. The standard InChI is InChI=1S/C11H10ClF3O2/c1-6-3-8(10(12)7(2)16)5-9(4-6)17-11(13,14)15/h3-5,10H,1-2H3. The van der Waals surface area contributed by atoms with Gasteiger partial charge in [0.25, 0.3) is 0 Å². The Hall–Kier alpha value is -1.23. The molecule has 0 aliphatic carbocycles. The summed E-state index contributed by atoms with van der Waals surface area (Å²) in [6.45, 7) is 2.86. The molecule has 0 N–H and O–H groups in total. The van der Waals surface area contributed by atoms with Gasteiger partial charge in [0.1, 0.15) is 11.1 Å². The molecule has 0 amide bonds. The molecule has 0 aliphatic heterocycles. The molecule has 1 aromatic rings. The highest BCUT2D eigenvalue weighted by atomic mass is 35.5. The fourth-order valence-electron chi connectivity index (χ4n) is 1.35. The zero-order valence-corrected chi connectivity index (χ0v) is 9.89. The van der Waals surface area contributed by atoms with E-state index in [1.807, 2.05) is 0 Å². The second-order valence-electron chi connectivity index (χ2n) is 3.60. The first kappa shape index (κ1) is 13.8. The summed E-state index contributed by atoms with van der Waals surface area (Å²) in [4.78, 5) is 11.1. The molecule has 0 saturated carbocycles. The minimum absolute atomic E-state index is 0.290. The summed E-state index contributed by atoms with van der Waals surface area (Å²) in [6.07, 6.45) is -4.76. The van der Waals surface area contributed by atoms with Crippen LogP contribution in [0.5, 0.6) is 5.75 Å². The van der Waals surface area contributed by atoms with E-state index < -0.39 is 11.7 Å². The Morgan fingerprint density at radius 1 is 1.35 bits per heavy atom. The highest BCUT2D eigenvalue weighted by molar-refractivity contribution is 6.30. The van der Waals surface area contributed by atoms with E-state index in [0.717, 1.165) is 6.07 Å². The van der Waals surface area contributed by atoms with E-state index in [9.17, 15) is 18.0 Å². The molecule has 6 heteroatoms. The van der Waals surface area contributed by atoms with Gasteiger partial charge in [-0.15, -0.1) is 24.8 Å². The van der Waals surface area contributed by atoms with Crippen molar-refractivity contribution in [1.29, 1.82) is 0 Å². The second-order valence-corrected chi connectivity index (χ2v) is 4.04. The number of carbonyl (C=O) groups is 1. The number of Topliss-reactive ketones (excluding diaryl/α,β-unsaturated/α-hetero) is 1. The maximum atomic E-state index is 12.0. The van der Waals surface area contributed by atoms with Gasteiger partial charge in [0.2, 0.25) is 0 Å². The summed E-state index contributed by atoms with van der Waals surface area (Å²) >= 11 is 5.77. The number of aryl methyl sites for hydroxylation is 1. The van der Waals surface area contributed by atoms with Crippen LogP contribution in [-0.2, 0) is 4.79 Å². The Labute approximate surface area is 101 Å². The molecule has 17 heavy (non-hydrogen) atoms. The normalized spacial score (nSPS) is 13.3. The third kappa shape index (κ3) is 4.26. The largest absolute Gasteiger partial charge is 0.573 e. The number of alkyl halides is 4. The van der Waals surface area contributed by atoms with E-state index in [4.69, 9.17) is 11.6 Å². The molecule has 0 aromatic heterocycles. The smallest absolute Gasteiger partial charge is 0.406 e. The number of halogens is 4. The lowest BCUT2D eigenvalue weighted by molar-refractivity contribution is -0.274. The van der Waals surface area contributed by atoms with E-state index in [1.54, 1.807) is 13.0 Å². The van der Waals surface area contributed by atoms with Gasteiger partial charge in [0.15, 0.2) is 5.78 Å². The van der Waals surface area contributed by atoms with E-state index in [-0.39, 0.29) is 11.5 Å². The summed E-state index contributed by atoms with van der Waals surface area (Å²) in [6, 6.07) is 3.88. The Morgan fingerprint density at radius 2 is 1.94 bits per heavy atom. The van der Waals surface area contributed by atoms with Crippen LogP contribution in [0.1, 0.15) is 23.4 Å². The minimum Gasteiger partial charge on any atom is -0.406 e. The van der Waals surface area contributed by atoms with Gasteiger partial charge in [-0.3, -0.25) is 4.79 Å². The molecular weight excluding hydrogens is 257 g/mol. The molecule has 0 heterocycles. The Bertz CT molecular complexity index is 429. The maximum Gasteiger partial charge on any atom is 0.573 e. The van der Waals surface area contributed by atoms with Gasteiger partial charge in [-0.25, -0.2) is 0 Å². The summed E-state index contributed by atoms with van der Waals surface area (Å²) < 4.78 is 39.9. The monoisotopic (exact) mass is 266 g/mol. The quantitative estimate of drug-likeness (QED) is 0.779. The van der Waals surface area contributed by atoms with Crippen molar-refractivity contribution >= 4 is 17.4 Å². The van der Waals surface area contributed by atoms with Crippen molar-refractivity contribution in [2.75, 3.05) is 0 Å². The molecule has 0 radical (unpaired) electrons. The van der Waals surface area contributed by atoms with Crippen LogP contribution in [0.2, 0.25) is 0 Å². The van der Waals surface area contributed by atoms with Crippen LogP contribution in [0.3, 0.4) is 0 Å². The number of benzene rings is 1. The van der Waals surface area contributed by atoms with E-state index in [2.05, 4.69) is 4.74 Å². The number of ketones is 1. The van der Waals surface area contributed by atoms with E-state index >= 15 is 0 Å². The van der Waals surface area contributed by atoms with Gasteiger partial charge in [0.05, 0.1) is 0 Å². The van der Waals surface area contributed by atoms with Crippen LogP contribution < -0.4 is 4.74 Å². The average Bonchev–Trinajstić information content (AvgIpc) is 2.12. The van der Waals surface area contributed by atoms with Crippen LogP contribution >= 0.6 is 11.6 Å². The van der Waals surface area contributed by atoms with Gasteiger partial charge in [-0.1, -0.05) is 6.07 Å². The third-order valence-corrected chi connectivity index (χ3v) is 2.52. The molecule has 2 nitrogen and oxygen atoms in total. The lowest BCUT2D eigenvalue weighted by Crippen LogP contribution is -2.17. The van der Waals surface area contributed by atoms with Crippen LogP contribution in [0.25, 0.3) is 0 Å². The van der Waals surface area contributed by atoms with Gasteiger partial charge < -0.3 is 4.74 Å². The molecule has 94 valence electrons. The molecule has 1 unspecified atom stereocenters. The van der Waals surface area contributed by atoms with Crippen molar-refractivity contribution in [3.8, 4) is 5.75 Å².